The van der Waals surface area contributed by atoms with Crippen LogP contribution in [0.1, 0.15) is 13.8 Å². The van der Waals surface area contributed by atoms with Gasteiger partial charge in [-0.15, -0.1) is 0 Å². The lowest BCUT2D eigenvalue weighted by Crippen LogP contribution is -2.53. The SMILES string of the molecule is CC(N)C(=O)NC(CS)C(=O)NCC(=O)NC(C)C(=O)O. The molecule has 0 bridgehead atoms. The van der Waals surface area contributed by atoms with Crippen LogP contribution >= 0.6 is 12.6 Å². The third-order valence-corrected chi connectivity index (χ3v) is 2.77. The van der Waals surface area contributed by atoms with Gasteiger partial charge < -0.3 is 26.8 Å². The van der Waals surface area contributed by atoms with E-state index in [1.807, 2.05) is 0 Å². The first-order valence-corrected chi connectivity index (χ1v) is 6.79. The maximum Gasteiger partial charge on any atom is 0.325 e. The number of nitrogens with two attached hydrogens (primary N) is 1. The Labute approximate surface area is 127 Å². The monoisotopic (exact) mass is 320 g/mol. The fourth-order valence-corrected chi connectivity index (χ4v) is 1.40. The summed E-state index contributed by atoms with van der Waals surface area (Å²) in [5.74, 6) is -2.95. The summed E-state index contributed by atoms with van der Waals surface area (Å²) in [7, 11) is 0. The average Bonchev–Trinajstić information content (AvgIpc) is 2.41. The van der Waals surface area contributed by atoms with Gasteiger partial charge >= 0.3 is 5.97 Å². The molecule has 0 aromatic heterocycles. The molecule has 0 aromatic rings. The van der Waals surface area contributed by atoms with Crippen molar-refractivity contribution in [3.8, 4) is 0 Å². The number of carbonyl (C=O) groups excluding carboxylic acids is 3. The molecular formula is C11H20N4O5S. The van der Waals surface area contributed by atoms with Crippen LogP contribution in [0.2, 0.25) is 0 Å². The van der Waals surface area contributed by atoms with Crippen LogP contribution in [0.3, 0.4) is 0 Å². The minimum absolute atomic E-state index is 0.0252. The fraction of sp³-hybridized carbons (Fsp3) is 0.636. The molecular weight excluding hydrogens is 300 g/mol. The van der Waals surface area contributed by atoms with Gasteiger partial charge in [0.05, 0.1) is 12.6 Å². The molecule has 10 heteroatoms. The smallest absolute Gasteiger partial charge is 0.325 e. The summed E-state index contributed by atoms with van der Waals surface area (Å²) in [6, 6.07) is -2.77. The first-order valence-electron chi connectivity index (χ1n) is 6.15. The fourth-order valence-electron chi connectivity index (χ4n) is 1.14. The van der Waals surface area contributed by atoms with E-state index in [1.54, 1.807) is 0 Å². The van der Waals surface area contributed by atoms with Crippen molar-refractivity contribution in [3.63, 3.8) is 0 Å². The zero-order chi connectivity index (χ0) is 16.6. The van der Waals surface area contributed by atoms with Crippen molar-refractivity contribution in [2.45, 2.75) is 32.0 Å². The van der Waals surface area contributed by atoms with Crippen LogP contribution in [0.4, 0.5) is 0 Å². The van der Waals surface area contributed by atoms with E-state index in [1.165, 1.54) is 13.8 Å². The van der Waals surface area contributed by atoms with Crippen molar-refractivity contribution in [1.29, 1.82) is 0 Å². The van der Waals surface area contributed by atoms with E-state index in [9.17, 15) is 19.2 Å². The van der Waals surface area contributed by atoms with E-state index in [2.05, 4.69) is 28.6 Å². The van der Waals surface area contributed by atoms with E-state index in [0.29, 0.717) is 0 Å². The van der Waals surface area contributed by atoms with Crippen molar-refractivity contribution in [3.05, 3.63) is 0 Å². The lowest BCUT2D eigenvalue weighted by Gasteiger charge is -2.17. The van der Waals surface area contributed by atoms with Gasteiger partial charge in [0.2, 0.25) is 17.7 Å². The van der Waals surface area contributed by atoms with E-state index >= 15 is 0 Å². The highest BCUT2D eigenvalue weighted by molar-refractivity contribution is 7.80. The normalized spacial score (nSPS) is 14.5. The number of rotatable bonds is 8. The molecule has 0 heterocycles. The van der Waals surface area contributed by atoms with Crippen molar-refractivity contribution in [2.24, 2.45) is 5.73 Å². The van der Waals surface area contributed by atoms with Gasteiger partial charge in [-0.05, 0) is 13.8 Å². The molecule has 0 spiro atoms. The Morgan fingerprint density at radius 3 is 2.14 bits per heavy atom. The molecule has 3 atom stereocenters. The van der Waals surface area contributed by atoms with Gasteiger partial charge in [-0.2, -0.15) is 12.6 Å². The Kier molecular flexibility index (Phi) is 8.39. The van der Waals surface area contributed by atoms with Crippen LogP contribution in [0.5, 0.6) is 0 Å². The molecule has 0 radical (unpaired) electrons. The van der Waals surface area contributed by atoms with Crippen LogP contribution in [0.15, 0.2) is 0 Å². The van der Waals surface area contributed by atoms with Crippen LogP contribution < -0.4 is 21.7 Å². The zero-order valence-electron chi connectivity index (χ0n) is 11.8. The van der Waals surface area contributed by atoms with Gasteiger partial charge in [-0.1, -0.05) is 0 Å². The molecule has 0 fully saturated rings. The summed E-state index contributed by atoms with van der Waals surface area (Å²) in [6.07, 6.45) is 0. The standard InChI is InChI=1S/C11H20N4O5S/c1-5(12)9(17)15-7(4-21)10(18)13-3-8(16)14-6(2)11(19)20/h5-7,21H,3-4,12H2,1-2H3,(H,13,18)(H,14,16)(H,15,17)(H,19,20). The number of carboxylic acid groups (broad SMARTS) is 1. The molecule has 21 heavy (non-hydrogen) atoms. The van der Waals surface area contributed by atoms with Crippen LogP contribution in [0.25, 0.3) is 0 Å². The van der Waals surface area contributed by atoms with Crippen molar-refractivity contribution >= 4 is 36.3 Å². The predicted octanol–water partition coefficient (Wildman–Crippen LogP) is -2.55. The molecule has 3 unspecified atom stereocenters. The van der Waals surface area contributed by atoms with Gasteiger partial charge in [0.15, 0.2) is 0 Å². The molecule has 0 aliphatic heterocycles. The first-order chi connectivity index (χ1) is 9.68. The molecule has 0 aliphatic carbocycles. The van der Waals surface area contributed by atoms with Crippen LogP contribution in [0, 0.1) is 0 Å². The molecule has 120 valence electrons. The molecule has 0 saturated carbocycles. The van der Waals surface area contributed by atoms with Crippen LogP contribution in [-0.4, -0.2) is 59.2 Å². The van der Waals surface area contributed by atoms with E-state index in [4.69, 9.17) is 10.8 Å². The zero-order valence-corrected chi connectivity index (χ0v) is 12.6. The van der Waals surface area contributed by atoms with E-state index in [0.717, 1.165) is 0 Å². The van der Waals surface area contributed by atoms with Crippen LogP contribution in [-0.2, 0) is 19.2 Å². The first kappa shape index (κ1) is 19.2. The van der Waals surface area contributed by atoms with Gasteiger partial charge in [0.25, 0.3) is 0 Å². The number of aliphatic carboxylic acids is 1. The Balaban J connectivity index is 4.30. The van der Waals surface area contributed by atoms with E-state index in [-0.39, 0.29) is 5.75 Å². The third kappa shape index (κ3) is 7.51. The average molecular weight is 320 g/mol. The quantitative estimate of drug-likeness (QED) is 0.271. The maximum atomic E-state index is 11.7. The molecule has 0 rings (SSSR count). The molecule has 6 N–H and O–H groups in total. The third-order valence-electron chi connectivity index (χ3n) is 2.40. The Hall–Kier alpha value is -1.81. The molecule has 0 saturated heterocycles. The second-order valence-corrected chi connectivity index (χ2v) is 4.74. The highest BCUT2D eigenvalue weighted by atomic mass is 32.1. The summed E-state index contributed by atoms with van der Waals surface area (Å²) in [5.41, 5.74) is 5.36. The highest BCUT2D eigenvalue weighted by Gasteiger charge is 2.21. The number of hydrogen-bond donors (Lipinski definition) is 6. The lowest BCUT2D eigenvalue weighted by atomic mass is 10.2. The number of carbonyl (C=O) groups is 4. The van der Waals surface area contributed by atoms with Crippen molar-refractivity contribution in [2.75, 3.05) is 12.3 Å². The van der Waals surface area contributed by atoms with E-state index < -0.39 is 48.4 Å². The molecule has 0 aliphatic rings. The minimum atomic E-state index is -1.19. The molecule has 0 aromatic carbocycles. The van der Waals surface area contributed by atoms with Gasteiger partial charge in [-0.25, -0.2) is 0 Å². The Morgan fingerprint density at radius 1 is 1.14 bits per heavy atom. The minimum Gasteiger partial charge on any atom is -0.480 e. The summed E-state index contributed by atoms with van der Waals surface area (Å²) in [4.78, 5) is 45.1. The Morgan fingerprint density at radius 2 is 1.71 bits per heavy atom. The number of hydrogen-bond acceptors (Lipinski definition) is 6. The predicted molar refractivity (Wildman–Crippen MR) is 77.7 cm³/mol. The lowest BCUT2D eigenvalue weighted by molar-refractivity contribution is -0.141. The van der Waals surface area contributed by atoms with Crippen molar-refractivity contribution < 1.29 is 24.3 Å². The second kappa shape index (κ2) is 9.19. The largest absolute Gasteiger partial charge is 0.480 e. The maximum absolute atomic E-state index is 11.7. The number of carboxylic acids is 1. The number of thiol groups is 1. The number of nitrogens with one attached hydrogen (secondary N) is 3. The van der Waals surface area contributed by atoms with Gasteiger partial charge in [0.1, 0.15) is 12.1 Å². The Bertz CT molecular complexity index is 415. The van der Waals surface area contributed by atoms with Gasteiger partial charge in [-0.3, -0.25) is 19.2 Å². The molecule has 3 amide bonds. The summed E-state index contributed by atoms with van der Waals surface area (Å²) in [5, 5.41) is 15.4. The summed E-state index contributed by atoms with van der Waals surface area (Å²) >= 11 is 3.93. The van der Waals surface area contributed by atoms with Gasteiger partial charge in [0, 0.05) is 5.75 Å². The van der Waals surface area contributed by atoms with Crippen molar-refractivity contribution in [1.82, 2.24) is 16.0 Å². The topological polar surface area (TPSA) is 151 Å². The summed E-state index contributed by atoms with van der Waals surface area (Å²) in [6.45, 7) is 2.35. The summed E-state index contributed by atoms with van der Waals surface area (Å²) < 4.78 is 0. The second-order valence-electron chi connectivity index (χ2n) is 4.38. The highest BCUT2D eigenvalue weighted by Crippen LogP contribution is 1.90. The molecule has 9 nitrogen and oxygen atoms in total. The number of amides is 3.